The fraction of sp³-hybridized carbons (Fsp3) is 0.483. The summed E-state index contributed by atoms with van der Waals surface area (Å²) in [5.41, 5.74) is -0.973. The van der Waals surface area contributed by atoms with Crippen molar-refractivity contribution in [3.8, 4) is 17.0 Å². The zero-order valence-electron chi connectivity index (χ0n) is 24.5. The molecular formula is C29H30F6N6O4S. The van der Waals surface area contributed by atoms with Gasteiger partial charge in [-0.1, -0.05) is 11.3 Å². The lowest BCUT2D eigenvalue weighted by atomic mass is 9.97. The Morgan fingerprint density at radius 3 is 2.41 bits per heavy atom. The number of methoxy groups -OCH3 is 1. The molecule has 2 aliphatic heterocycles. The van der Waals surface area contributed by atoms with Gasteiger partial charge in [0.2, 0.25) is 0 Å². The van der Waals surface area contributed by atoms with Crippen LogP contribution in [0.3, 0.4) is 0 Å². The lowest BCUT2D eigenvalue weighted by Crippen LogP contribution is -2.41. The summed E-state index contributed by atoms with van der Waals surface area (Å²) < 4.78 is 86.7. The first kappa shape index (κ1) is 33.4. The highest BCUT2D eigenvalue weighted by Crippen LogP contribution is 2.41. The number of carboxylic acid groups (broad SMARTS) is 1. The number of amides is 1. The van der Waals surface area contributed by atoms with Gasteiger partial charge in [0.25, 0.3) is 5.91 Å². The van der Waals surface area contributed by atoms with Crippen molar-refractivity contribution in [3.63, 3.8) is 0 Å². The van der Waals surface area contributed by atoms with Crippen molar-refractivity contribution in [1.29, 1.82) is 0 Å². The van der Waals surface area contributed by atoms with Crippen LogP contribution in [0.25, 0.3) is 11.3 Å². The van der Waals surface area contributed by atoms with E-state index >= 15 is 0 Å². The molecule has 17 heteroatoms. The Labute approximate surface area is 263 Å². The highest BCUT2D eigenvalue weighted by molar-refractivity contribution is 7.16. The van der Waals surface area contributed by atoms with Crippen LogP contribution in [0.2, 0.25) is 0 Å². The Kier molecular flexibility index (Phi) is 9.72. The fourth-order valence-electron chi connectivity index (χ4n) is 5.60. The zero-order valence-corrected chi connectivity index (χ0v) is 25.3. The van der Waals surface area contributed by atoms with Gasteiger partial charge in [0, 0.05) is 36.6 Å². The summed E-state index contributed by atoms with van der Waals surface area (Å²) in [7, 11) is 1.11. The zero-order chi connectivity index (χ0) is 33.2. The van der Waals surface area contributed by atoms with E-state index < -0.39 is 47.4 Å². The molecule has 2 aliphatic rings. The molecule has 1 unspecified atom stereocenters. The van der Waals surface area contributed by atoms with Gasteiger partial charge in [-0.15, -0.1) is 0 Å². The summed E-state index contributed by atoms with van der Waals surface area (Å²) >= 11 is 0.949. The SMILES string of the molecule is COc1ccc(-c2nc(NC(=O)c3cnc(N4CCC(C(=O)O)CC4)cn3)sc2CN2CCCC(C(F)(F)F)C2)cc1C(F)(F)F. The summed E-state index contributed by atoms with van der Waals surface area (Å²) in [5, 5.41) is 11.8. The molecule has 248 valence electrons. The molecular weight excluding hydrogens is 642 g/mol. The van der Waals surface area contributed by atoms with Gasteiger partial charge >= 0.3 is 18.3 Å². The second-order valence-corrected chi connectivity index (χ2v) is 12.2. The number of benzene rings is 1. The van der Waals surface area contributed by atoms with E-state index in [2.05, 4.69) is 20.3 Å². The number of carboxylic acids is 1. The quantitative estimate of drug-likeness (QED) is 0.280. The first-order valence-corrected chi connectivity index (χ1v) is 15.2. The van der Waals surface area contributed by atoms with Gasteiger partial charge in [0.05, 0.1) is 42.6 Å². The summed E-state index contributed by atoms with van der Waals surface area (Å²) in [6.45, 7) is 0.997. The number of likely N-dealkylation sites (tertiary alicyclic amines) is 1. The second-order valence-electron chi connectivity index (χ2n) is 11.1. The number of thiazole rings is 1. The molecule has 0 bridgehead atoms. The number of halogens is 6. The number of piperidine rings is 2. The van der Waals surface area contributed by atoms with Crippen LogP contribution >= 0.6 is 11.3 Å². The predicted molar refractivity (Wildman–Crippen MR) is 156 cm³/mol. The average Bonchev–Trinajstić information content (AvgIpc) is 3.41. The molecule has 2 fully saturated rings. The molecule has 5 rings (SSSR count). The molecule has 46 heavy (non-hydrogen) atoms. The van der Waals surface area contributed by atoms with Crippen molar-refractivity contribution in [1.82, 2.24) is 19.9 Å². The minimum absolute atomic E-state index is 0.00921. The van der Waals surface area contributed by atoms with Crippen molar-refractivity contribution in [2.75, 3.05) is 43.5 Å². The Morgan fingerprint density at radius 1 is 1.07 bits per heavy atom. The van der Waals surface area contributed by atoms with Crippen molar-refractivity contribution < 1.29 is 45.8 Å². The number of ether oxygens (including phenoxy) is 1. The minimum atomic E-state index is -4.75. The molecule has 1 aromatic carbocycles. The van der Waals surface area contributed by atoms with E-state index in [0.717, 1.165) is 30.6 Å². The van der Waals surface area contributed by atoms with E-state index in [9.17, 15) is 41.0 Å². The van der Waals surface area contributed by atoms with Crippen molar-refractivity contribution in [2.24, 2.45) is 11.8 Å². The Bertz CT molecular complexity index is 1560. The van der Waals surface area contributed by atoms with Gasteiger partial charge in [-0.2, -0.15) is 26.3 Å². The third-order valence-corrected chi connectivity index (χ3v) is 9.03. The third-order valence-electron chi connectivity index (χ3n) is 8.07. The molecule has 0 spiro atoms. The van der Waals surface area contributed by atoms with Crippen LogP contribution < -0.4 is 15.0 Å². The molecule has 0 saturated carbocycles. The number of rotatable bonds is 8. The smallest absolute Gasteiger partial charge is 0.419 e. The lowest BCUT2D eigenvalue weighted by molar-refractivity contribution is -0.187. The van der Waals surface area contributed by atoms with Gasteiger partial charge in [-0.05, 0) is 50.4 Å². The summed E-state index contributed by atoms with van der Waals surface area (Å²) in [5.74, 6) is -3.44. The van der Waals surface area contributed by atoms with Crippen LogP contribution in [0.15, 0.2) is 30.6 Å². The Morgan fingerprint density at radius 2 is 1.80 bits per heavy atom. The van der Waals surface area contributed by atoms with Gasteiger partial charge in [0.15, 0.2) is 5.13 Å². The van der Waals surface area contributed by atoms with Gasteiger partial charge < -0.3 is 14.7 Å². The second kappa shape index (κ2) is 13.4. The van der Waals surface area contributed by atoms with Crippen molar-refractivity contribution in [3.05, 3.63) is 46.7 Å². The number of carbonyl (C=O) groups excluding carboxylic acids is 1. The van der Waals surface area contributed by atoms with Gasteiger partial charge in [0.1, 0.15) is 17.3 Å². The Hall–Kier alpha value is -3.99. The highest BCUT2D eigenvalue weighted by atomic mass is 32.1. The van der Waals surface area contributed by atoms with E-state index in [0.29, 0.717) is 49.6 Å². The predicted octanol–water partition coefficient (Wildman–Crippen LogP) is 5.96. The fourth-order valence-corrected chi connectivity index (χ4v) is 6.62. The number of nitrogens with zero attached hydrogens (tertiary/aromatic N) is 5. The standard InChI is InChI=1S/C29H30F6N6O4S/c1-45-21-5-4-17(11-19(21)29(33,34)35)24-22(15-40-8-2-3-18(14-40)28(30,31)32)46-27(38-24)39-25(42)20-12-37-23(13-36-20)41-9-6-16(7-10-41)26(43)44/h4-5,11-13,16,18H,2-3,6-10,14-15H2,1H3,(H,43,44)(H,38,39,42). The largest absolute Gasteiger partial charge is 0.496 e. The molecule has 2 aromatic heterocycles. The molecule has 3 aromatic rings. The van der Waals surface area contributed by atoms with E-state index in [-0.39, 0.29) is 41.6 Å². The topological polar surface area (TPSA) is 121 Å². The monoisotopic (exact) mass is 672 g/mol. The number of aromatic nitrogens is 3. The first-order chi connectivity index (χ1) is 21.7. The van der Waals surface area contributed by atoms with Crippen molar-refractivity contribution >= 4 is 34.2 Å². The van der Waals surface area contributed by atoms with Crippen LogP contribution in [0, 0.1) is 11.8 Å². The Balaban J connectivity index is 1.38. The normalized spacial score (nSPS) is 18.4. The van der Waals surface area contributed by atoms with E-state index in [1.54, 1.807) is 4.90 Å². The summed E-state index contributed by atoms with van der Waals surface area (Å²) in [6, 6.07) is 3.37. The van der Waals surface area contributed by atoms with E-state index in [1.807, 2.05) is 4.90 Å². The van der Waals surface area contributed by atoms with Crippen LogP contribution in [-0.4, -0.2) is 76.3 Å². The molecule has 1 atom stereocenters. The molecule has 2 N–H and O–H groups in total. The van der Waals surface area contributed by atoms with Crippen LogP contribution in [0.4, 0.5) is 37.3 Å². The van der Waals surface area contributed by atoms with Gasteiger partial charge in [-0.3, -0.25) is 19.8 Å². The first-order valence-electron chi connectivity index (χ1n) is 14.4. The lowest BCUT2D eigenvalue weighted by Gasteiger charge is -2.33. The number of anilines is 2. The molecule has 2 saturated heterocycles. The maximum absolute atomic E-state index is 13.8. The number of hydrogen-bond donors (Lipinski definition) is 2. The number of carbonyl (C=O) groups is 2. The van der Waals surface area contributed by atoms with Crippen LogP contribution in [0.1, 0.15) is 46.6 Å². The van der Waals surface area contributed by atoms with Crippen molar-refractivity contribution in [2.45, 2.75) is 44.6 Å². The number of alkyl halides is 6. The minimum Gasteiger partial charge on any atom is -0.496 e. The molecule has 1 amide bonds. The summed E-state index contributed by atoms with van der Waals surface area (Å²) in [4.78, 5) is 40.9. The van der Waals surface area contributed by atoms with E-state index in [1.165, 1.54) is 18.5 Å². The summed E-state index contributed by atoms with van der Waals surface area (Å²) in [6.07, 6.45) is -5.32. The molecule has 0 radical (unpaired) electrons. The maximum Gasteiger partial charge on any atom is 0.419 e. The molecule has 4 heterocycles. The van der Waals surface area contributed by atoms with E-state index in [4.69, 9.17) is 4.74 Å². The number of hydrogen-bond acceptors (Lipinski definition) is 9. The van der Waals surface area contributed by atoms with Gasteiger partial charge in [-0.25, -0.2) is 15.0 Å². The average molecular weight is 673 g/mol. The molecule has 10 nitrogen and oxygen atoms in total. The third kappa shape index (κ3) is 7.68. The maximum atomic E-state index is 13.8. The van der Waals surface area contributed by atoms with Crippen LogP contribution in [0.5, 0.6) is 5.75 Å². The number of nitrogens with one attached hydrogen (secondary N) is 1. The van der Waals surface area contributed by atoms with Crippen LogP contribution in [-0.2, 0) is 17.5 Å². The molecule has 0 aliphatic carbocycles. The number of aliphatic carboxylic acids is 1. The highest BCUT2D eigenvalue weighted by Gasteiger charge is 2.42.